The van der Waals surface area contributed by atoms with Gasteiger partial charge in [-0.2, -0.15) is 14.6 Å². The normalized spacial score (nSPS) is 11.8. The van der Waals surface area contributed by atoms with Crippen molar-refractivity contribution < 1.29 is 17.9 Å². The molecule has 0 saturated carbocycles. The smallest absolute Gasteiger partial charge is 0.268 e. The van der Waals surface area contributed by atoms with Gasteiger partial charge < -0.3 is 9.30 Å². The van der Waals surface area contributed by atoms with Gasteiger partial charge in [-0.25, -0.2) is 8.42 Å². The summed E-state index contributed by atoms with van der Waals surface area (Å²) in [6.45, 7) is 2.49. The monoisotopic (exact) mass is 507 g/mol. The van der Waals surface area contributed by atoms with E-state index in [1.807, 2.05) is 71.4 Å². The number of aromatic nitrogens is 3. The first-order chi connectivity index (χ1) is 16.9. The first-order valence-electron chi connectivity index (χ1n) is 10.7. The van der Waals surface area contributed by atoms with Crippen LogP contribution in [0.25, 0.3) is 17.0 Å². The fourth-order valence-electron chi connectivity index (χ4n) is 3.34. The maximum Gasteiger partial charge on any atom is 0.268 e. The van der Waals surface area contributed by atoms with E-state index in [4.69, 9.17) is 4.74 Å². The van der Waals surface area contributed by atoms with Crippen LogP contribution in [0, 0.1) is 11.3 Å². The number of benzene rings is 2. The Hall–Kier alpha value is -4.01. The number of nitrogens with one attached hydrogen (secondary N) is 1. The quantitative estimate of drug-likeness (QED) is 0.269. The molecule has 0 spiro atoms. The molecule has 2 heterocycles. The van der Waals surface area contributed by atoms with Crippen LogP contribution in [0.2, 0.25) is 0 Å². The summed E-state index contributed by atoms with van der Waals surface area (Å²) in [7, 11) is -3.59. The lowest BCUT2D eigenvalue weighted by Crippen LogP contribution is -2.13. The lowest BCUT2D eigenvalue weighted by Gasteiger charge is -2.08. The van der Waals surface area contributed by atoms with Crippen molar-refractivity contribution in [3.8, 4) is 11.8 Å². The zero-order valence-electron chi connectivity index (χ0n) is 18.7. The van der Waals surface area contributed by atoms with Gasteiger partial charge in [0.1, 0.15) is 24.0 Å². The zero-order valence-corrected chi connectivity index (χ0v) is 20.3. The Labute approximate surface area is 206 Å². The van der Waals surface area contributed by atoms with Crippen LogP contribution < -0.4 is 10.1 Å². The number of nitriles is 1. The van der Waals surface area contributed by atoms with Crippen LogP contribution in [-0.4, -0.2) is 40.6 Å². The summed E-state index contributed by atoms with van der Waals surface area (Å²) in [5, 5.41) is 12.6. The van der Waals surface area contributed by atoms with Crippen molar-refractivity contribution >= 4 is 49.4 Å². The molecular weight excluding hydrogens is 486 g/mol. The SMILES string of the molecule is CCS(=O)(=O)c1nsc(NC(=O)C(C#N)=Cc2cn(CCOc3ccccc3)c3ccccc23)n1. The van der Waals surface area contributed by atoms with Crippen molar-refractivity contribution in [2.45, 2.75) is 18.6 Å². The van der Waals surface area contributed by atoms with Crippen molar-refractivity contribution in [2.24, 2.45) is 0 Å². The van der Waals surface area contributed by atoms with E-state index in [0.29, 0.717) is 18.7 Å². The third-order valence-electron chi connectivity index (χ3n) is 5.11. The fourth-order valence-corrected chi connectivity index (χ4v) is 4.92. The molecule has 11 heteroatoms. The molecule has 178 valence electrons. The van der Waals surface area contributed by atoms with Crippen LogP contribution in [0.4, 0.5) is 5.13 Å². The minimum atomic E-state index is -3.59. The van der Waals surface area contributed by atoms with Crippen LogP contribution >= 0.6 is 11.5 Å². The van der Waals surface area contributed by atoms with Gasteiger partial charge in [-0.05, 0) is 24.3 Å². The third kappa shape index (κ3) is 5.56. The predicted octanol–water partition coefficient (Wildman–Crippen LogP) is 3.91. The number of anilines is 1. The van der Waals surface area contributed by atoms with Gasteiger partial charge in [0.2, 0.25) is 15.0 Å². The summed E-state index contributed by atoms with van der Waals surface area (Å²) >= 11 is 0.741. The molecule has 1 amide bonds. The average molecular weight is 508 g/mol. The summed E-state index contributed by atoms with van der Waals surface area (Å²) in [5.74, 6) is -0.0755. The van der Waals surface area contributed by atoms with Crippen molar-refractivity contribution in [2.75, 3.05) is 17.7 Å². The number of ether oxygens (including phenoxy) is 1. The lowest BCUT2D eigenvalue weighted by molar-refractivity contribution is -0.112. The number of hydrogen-bond donors (Lipinski definition) is 1. The molecule has 0 atom stereocenters. The van der Waals surface area contributed by atoms with Crippen LogP contribution in [-0.2, 0) is 21.2 Å². The number of hydrogen-bond acceptors (Lipinski definition) is 8. The highest BCUT2D eigenvalue weighted by Crippen LogP contribution is 2.24. The predicted molar refractivity (Wildman–Crippen MR) is 134 cm³/mol. The molecule has 0 aliphatic heterocycles. The minimum absolute atomic E-state index is 0.00339. The van der Waals surface area contributed by atoms with E-state index < -0.39 is 15.7 Å². The van der Waals surface area contributed by atoms with Gasteiger partial charge in [0.25, 0.3) is 11.1 Å². The number of carbonyl (C=O) groups excluding carboxylic acids is 1. The largest absolute Gasteiger partial charge is 0.492 e. The summed E-state index contributed by atoms with van der Waals surface area (Å²) in [5.41, 5.74) is 1.48. The Kier molecular flexibility index (Phi) is 7.24. The van der Waals surface area contributed by atoms with Crippen LogP contribution in [0.5, 0.6) is 5.75 Å². The molecule has 35 heavy (non-hydrogen) atoms. The maximum atomic E-state index is 12.7. The second kappa shape index (κ2) is 10.5. The molecule has 2 aromatic heterocycles. The second-order valence-electron chi connectivity index (χ2n) is 7.37. The topological polar surface area (TPSA) is 127 Å². The molecule has 0 unspecified atom stereocenters. The summed E-state index contributed by atoms with van der Waals surface area (Å²) in [4.78, 5) is 16.6. The number of rotatable bonds is 9. The average Bonchev–Trinajstić information content (AvgIpc) is 3.48. The van der Waals surface area contributed by atoms with E-state index in [1.165, 1.54) is 13.0 Å². The van der Waals surface area contributed by atoms with Gasteiger partial charge in [0.05, 0.1) is 12.3 Å². The summed E-state index contributed by atoms with van der Waals surface area (Å²) in [6, 6.07) is 19.1. The van der Waals surface area contributed by atoms with Gasteiger partial charge in [0.15, 0.2) is 0 Å². The third-order valence-corrected chi connectivity index (χ3v) is 7.36. The molecule has 4 rings (SSSR count). The van der Waals surface area contributed by atoms with Gasteiger partial charge >= 0.3 is 0 Å². The number of para-hydroxylation sites is 2. The molecule has 0 bridgehead atoms. The van der Waals surface area contributed by atoms with Gasteiger partial charge in [-0.3, -0.25) is 10.1 Å². The highest BCUT2D eigenvalue weighted by atomic mass is 32.2. The van der Waals surface area contributed by atoms with E-state index >= 15 is 0 Å². The Morgan fingerprint density at radius 1 is 1.20 bits per heavy atom. The van der Waals surface area contributed by atoms with Gasteiger partial charge in [-0.15, -0.1) is 0 Å². The van der Waals surface area contributed by atoms with Crippen LogP contribution in [0.3, 0.4) is 0 Å². The maximum absolute atomic E-state index is 12.7. The summed E-state index contributed by atoms with van der Waals surface area (Å²) < 4.78 is 35.4. The lowest BCUT2D eigenvalue weighted by atomic mass is 10.1. The van der Waals surface area contributed by atoms with E-state index in [2.05, 4.69) is 14.7 Å². The first-order valence-corrected chi connectivity index (χ1v) is 13.1. The summed E-state index contributed by atoms with van der Waals surface area (Å²) in [6.07, 6.45) is 3.36. The van der Waals surface area contributed by atoms with Crippen LogP contribution in [0.1, 0.15) is 12.5 Å². The molecule has 0 fully saturated rings. The number of sulfone groups is 1. The number of carbonyl (C=O) groups is 1. The molecular formula is C24H21N5O4S2. The Balaban J connectivity index is 1.54. The fraction of sp³-hybridized carbons (Fsp3) is 0.167. The van der Waals surface area contributed by atoms with E-state index in [9.17, 15) is 18.5 Å². The van der Waals surface area contributed by atoms with E-state index in [1.54, 1.807) is 0 Å². The van der Waals surface area contributed by atoms with Crippen molar-refractivity contribution in [1.82, 2.24) is 13.9 Å². The Bertz CT molecular complexity index is 1530. The molecule has 0 aliphatic carbocycles. The molecule has 9 nitrogen and oxygen atoms in total. The Morgan fingerprint density at radius 3 is 2.69 bits per heavy atom. The van der Waals surface area contributed by atoms with E-state index in [-0.39, 0.29) is 21.6 Å². The molecule has 0 saturated heterocycles. The highest BCUT2D eigenvalue weighted by molar-refractivity contribution is 7.91. The van der Waals surface area contributed by atoms with Crippen LogP contribution in [0.15, 0.2) is 71.5 Å². The molecule has 0 aliphatic rings. The van der Waals surface area contributed by atoms with Gasteiger partial charge in [0, 0.05) is 34.2 Å². The van der Waals surface area contributed by atoms with Crippen molar-refractivity contribution in [3.63, 3.8) is 0 Å². The minimum Gasteiger partial charge on any atom is -0.492 e. The first kappa shape index (κ1) is 24.1. The number of amides is 1. The van der Waals surface area contributed by atoms with Gasteiger partial charge in [-0.1, -0.05) is 43.3 Å². The second-order valence-corrected chi connectivity index (χ2v) is 10.3. The number of nitrogens with zero attached hydrogens (tertiary/aromatic N) is 4. The standard InChI is InChI=1S/C24H21N5O4S2/c1-2-35(31,32)24-27-23(34-28-24)26-22(30)17(15-25)14-18-16-29(21-11-7-6-10-20(18)21)12-13-33-19-8-4-3-5-9-19/h3-11,14,16H,2,12-13H2,1H3,(H,26,27,28,30). The zero-order chi connectivity index (χ0) is 24.8. The van der Waals surface area contributed by atoms with E-state index in [0.717, 1.165) is 28.2 Å². The number of fused-ring (bicyclic) bond motifs is 1. The highest BCUT2D eigenvalue weighted by Gasteiger charge is 2.20. The van der Waals surface area contributed by atoms with Crippen molar-refractivity contribution in [1.29, 1.82) is 5.26 Å². The molecule has 4 aromatic rings. The van der Waals surface area contributed by atoms with Crippen molar-refractivity contribution in [3.05, 3.63) is 71.9 Å². The molecule has 0 radical (unpaired) electrons. The Morgan fingerprint density at radius 2 is 1.94 bits per heavy atom. The molecule has 2 aromatic carbocycles. The molecule has 1 N–H and O–H groups in total.